The van der Waals surface area contributed by atoms with Crippen molar-refractivity contribution >= 4 is 5.69 Å². The number of benzene rings is 1. The fourth-order valence-corrected chi connectivity index (χ4v) is 3.63. The molecule has 1 aliphatic heterocycles. The van der Waals surface area contributed by atoms with Gasteiger partial charge in [-0.25, -0.2) is 0 Å². The van der Waals surface area contributed by atoms with Gasteiger partial charge in [-0.2, -0.15) is 0 Å². The highest BCUT2D eigenvalue weighted by Crippen LogP contribution is 2.46. The molecule has 2 fully saturated rings. The summed E-state index contributed by atoms with van der Waals surface area (Å²) in [6.07, 6.45) is 5.78. The van der Waals surface area contributed by atoms with Crippen molar-refractivity contribution in [2.24, 2.45) is 11.1 Å². The molecule has 0 aromatic heterocycles. The van der Waals surface area contributed by atoms with Crippen LogP contribution in [0.5, 0.6) is 0 Å². The molecule has 2 N–H and O–H groups in total. The summed E-state index contributed by atoms with van der Waals surface area (Å²) in [5, 5.41) is 0. The van der Waals surface area contributed by atoms with Crippen LogP contribution < -0.4 is 10.6 Å². The van der Waals surface area contributed by atoms with E-state index in [0.29, 0.717) is 12.0 Å². The van der Waals surface area contributed by atoms with E-state index in [1.165, 1.54) is 50.0 Å². The van der Waals surface area contributed by atoms with Crippen molar-refractivity contribution in [2.75, 3.05) is 24.5 Å². The number of rotatable bonds is 3. The van der Waals surface area contributed by atoms with Gasteiger partial charge in [0, 0.05) is 36.2 Å². The molecule has 0 amide bonds. The fourth-order valence-electron chi connectivity index (χ4n) is 3.63. The molecule has 0 atom stereocenters. The zero-order valence-electron chi connectivity index (χ0n) is 12.3. The second-order valence-electron chi connectivity index (χ2n) is 7.20. The fraction of sp³-hybridized carbons (Fsp3) is 0.647. The molecule has 0 unspecified atom stereocenters. The van der Waals surface area contributed by atoms with Gasteiger partial charge in [0.2, 0.25) is 0 Å². The third kappa shape index (κ3) is 2.27. The van der Waals surface area contributed by atoms with Crippen LogP contribution in [-0.2, 0) is 5.41 Å². The van der Waals surface area contributed by atoms with Gasteiger partial charge in [0.05, 0.1) is 0 Å². The lowest BCUT2D eigenvalue weighted by Gasteiger charge is -2.50. The molecule has 2 nitrogen and oxygen atoms in total. The van der Waals surface area contributed by atoms with E-state index in [0.717, 1.165) is 0 Å². The smallest absolute Gasteiger partial charge is 0.0366 e. The molecule has 1 aliphatic carbocycles. The first kappa shape index (κ1) is 13.0. The highest BCUT2D eigenvalue weighted by molar-refractivity contribution is 5.51. The quantitative estimate of drug-likeness (QED) is 0.901. The molecule has 1 spiro atoms. The molecule has 2 aliphatic rings. The van der Waals surface area contributed by atoms with Crippen molar-refractivity contribution in [3.8, 4) is 0 Å². The average molecular weight is 258 g/mol. The van der Waals surface area contributed by atoms with Crippen LogP contribution in [0.2, 0.25) is 0 Å². The first-order valence-corrected chi connectivity index (χ1v) is 7.60. The molecule has 0 radical (unpaired) electrons. The Labute approximate surface area is 117 Å². The Morgan fingerprint density at radius 2 is 1.68 bits per heavy atom. The van der Waals surface area contributed by atoms with Crippen molar-refractivity contribution in [2.45, 2.75) is 44.9 Å². The maximum atomic E-state index is 5.84. The molecular weight excluding hydrogens is 232 g/mol. The summed E-state index contributed by atoms with van der Waals surface area (Å²) in [6, 6.07) is 9.05. The van der Waals surface area contributed by atoms with Gasteiger partial charge in [0.1, 0.15) is 0 Å². The van der Waals surface area contributed by atoms with Crippen molar-refractivity contribution in [3.63, 3.8) is 0 Å². The van der Waals surface area contributed by atoms with Gasteiger partial charge in [-0.1, -0.05) is 38.8 Å². The van der Waals surface area contributed by atoms with Crippen LogP contribution in [0, 0.1) is 5.41 Å². The Hall–Kier alpha value is -1.02. The molecule has 104 valence electrons. The second-order valence-corrected chi connectivity index (χ2v) is 7.20. The largest absolute Gasteiger partial charge is 0.370 e. The summed E-state index contributed by atoms with van der Waals surface area (Å²) in [4.78, 5) is 2.53. The van der Waals surface area contributed by atoms with Crippen LogP contribution >= 0.6 is 0 Å². The lowest BCUT2D eigenvalue weighted by molar-refractivity contribution is 0.222. The standard InChI is InChI=1S/C17H26N2/c1-16(2,11-18)14-5-7-15(8-6-14)19-12-17(13-19)9-3-4-10-17/h5-8H,3-4,9-13,18H2,1-2H3. The summed E-state index contributed by atoms with van der Waals surface area (Å²) in [7, 11) is 0. The number of anilines is 1. The van der Waals surface area contributed by atoms with Crippen LogP contribution in [0.3, 0.4) is 0 Å². The molecule has 1 aromatic carbocycles. The number of hydrogen-bond acceptors (Lipinski definition) is 2. The van der Waals surface area contributed by atoms with Crippen LogP contribution in [-0.4, -0.2) is 19.6 Å². The molecule has 1 saturated heterocycles. The summed E-state index contributed by atoms with van der Waals surface area (Å²) < 4.78 is 0. The van der Waals surface area contributed by atoms with Crippen molar-refractivity contribution < 1.29 is 0 Å². The minimum absolute atomic E-state index is 0.0835. The van der Waals surface area contributed by atoms with Gasteiger partial charge in [0.25, 0.3) is 0 Å². The van der Waals surface area contributed by atoms with E-state index >= 15 is 0 Å². The van der Waals surface area contributed by atoms with Crippen molar-refractivity contribution in [3.05, 3.63) is 29.8 Å². The zero-order chi connectivity index (χ0) is 13.5. The number of nitrogens with zero attached hydrogens (tertiary/aromatic N) is 1. The Morgan fingerprint density at radius 1 is 1.11 bits per heavy atom. The Kier molecular flexibility index (Phi) is 3.09. The number of hydrogen-bond donors (Lipinski definition) is 1. The Morgan fingerprint density at radius 3 is 2.21 bits per heavy atom. The van der Waals surface area contributed by atoms with Gasteiger partial charge in [-0.15, -0.1) is 0 Å². The van der Waals surface area contributed by atoms with Gasteiger partial charge in [-0.3, -0.25) is 0 Å². The lowest BCUT2D eigenvalue weighted by atomic mass is 9.78. The minimum atomic E-state index is 0.0835. The highest BCUT2D eigenvalue weighted by atomic mass is 15.2. The third-order valence-corrected chi connectivity index (χ3v) is 5.24. The minimum Gasteiger partial charge on any atom is -0.370 e. The molecular formula is C17H26N2. The van der Waals surface area contributed by atoms with E-state index in [-0.39, 0.29) is 5.41 Å². The zero-order valence-corrected chi connectivity index (χ0v) is 12.3. The van der Waals surface area contributed by atoms with Crippen LogP contribution in [0.4, 0.5) is 5.69 Å². The predicted octanol–water partition coefficient (Wildman–Crippen LogP) is 3.30. The second kappa shape index (κ2) is 4.52. The van der Waals surface area contributed by atoms with E-state index in [1.54, 1.807) is 0 Å². The molecule has 2 heteroatoms. The molecule has 0 bridgehead atoms. The topological polar surface area (TPSA) is 29.3 Å². The van der Waals surface area contributed by atoms with E-state index in [1.807, 2.05) is 0 Å². The van der Waals surface area contributed by atoms with Crippen LogP contribution in [0.15, 0.2) is 24.3 Å². The van der Waals surface area contributed by atoms with Gasteiger partial charge in [-0.05, 0) is 30.5 Å². The first-order valence-electron chi connectivity index (χ1n) is 7.60. The Balaban J connectivity index is 1.68. The Bertz CT molecular complexity index is 433. The van der Waals surface area contributed by atoms with E-state index in [9.17, 15) is 0 Å². The van der Waals surface area contributed by atoms with Gasteiger partial charge < -0.3 is 10.6 Å². The van der Waals surface area contributed by atoms with Crippen molar-refractivity contribution in [1.82, 2.24) is 0 Å². The third-order valence-electron chi connectivity index (χ3n) is 5.24. The maximum Gasteiger partial charge on any atom is 0.0366 e. The van der Waals surface area contributed by atoms with Crippen LogP contribution in [0.25, 0.3) is 0 Å². The summed E-state index contributed by atoms with van der Waals surface area (Å²) >= 11 is 0. The normalized spacial score (nSPS) is 21.7. The predicted molar refractivity (Wildman–Crippen MR) is 81.6 cm³/mol. The average Bonchev–Trinajstić information content (AvgIpc) is 2.87. The molecule has 1 aromatic rings. The lowest BCUT2D eigenvalue weighted by Crippen LogP contribution is -2.55. The maximum absolute atomic E-state index is 5.84. The molecule has 3 rings (SSSR count). The number of nitrogens with two attached hydrogens (primary N) is 1. The molecule has 1 heterocycles. The summed E-state index contributed by atoms with van der Waals surface area (Å²) in [5.74, 6) is 0. The van der Waals surface area contributed by atoms with E-state index in [4.69, 9.17) is 5.73 Å². The van der Waals surface area contributed by atoms with Gasteiger partial charge >= 0.3 is 0 Å². The van der Waals surface area contributed by atoms with Crippen molar-refractivity contribution in [1.29, 1.82) is 0 Å². The SMILES string of the molecule is CC(C)(CN)c1ccc(N2CC3(CCCC3)C2)cc1. The molecule has 1 saturated carbocycles. The first-order chi connectivity index (χ1) is 9.05. The highest BCUT2D eigenvalue weighted by Gasteiger charge is 2.44. The van der Waals surface area contributed by atoms with Gasteiger partial charge in [0.15, 0.2) is 0 Å². The summed E-state index contributed by atoms with van der Waals surface area (Å²) in [6.45, 7) is 7.65. The monoisotopic (exact) mass is 258 g/mol. The van der Waals surface area contributed by atoms with E-state index in [2.05, 4.69) is 43.0 Å². The van der Waals surface area contributed by atoms with Crippen LogP contribution in [0.1, 0.15) is 45.1 Å². The molecule has 19 heavy (non-hydrogen) atoms. The van der Waals surface area contributed by atoms with E-state index < -0.39 is 0 Å². The summed E-state index contributed by atoms with van der Waals surface area (Å²) in [5.41, 5.74) is 9.33.